The molecule has 0 spiro atoms. The van der Waals surface area contributed by atoms with Gasteiger partial charge in [-0.2, -0.15) is 0 Å². The maximum Gasteiger partial charge on any atom is 0.323 e. The van der Waals surface area contributed by atoms with Crippen molar-refractivity contribution >= 4 is 23.2 Å². The third-order valence-corrected chi connectivity index (χ3v) is 2.53. The Bertz CT molecular complexity index is 412. The van der Waals surface area contributed by atoms with E-state index >= 15 is 0 Å². The number of carboxylic acids is 1. The Balaban J connectivity index is 2.84. The summed E-state index contributed by atoms with van der Waals surface area (Å²) < 4.78 is 0. The van der Waals surface area contributed by atoms with Crippen molar-refractivity contribution in [1.82, 2.24) is 0 Å². The lowest BCUT2D eigenvalue weighted by molar-refractivity contribution is -0.142. The first-order valence-corrected chi connectivity index (χ1v) is 5.15. The molecule has 0 bridgehead atoms. The topological polar surface area (TPSA) is 89.3 Å². The Morgan fingerprint density at radius 1 is 1.44 bits per heavy atom. The van der Waals surface area contributed by atoms with Crippen molar-refractivity contribution in [3.8, 4) is 0 Å². The largest absolute Gasteiger partial charge is 0.480 e. The number of hydrogen-bond acceptors (Lipinski definition) is 3. The lowest BCUT2D eigenvalue weighted by atomic mass is 9.94. The van der Waals surface area contributed by atoms with Crippen molar-refractivity contribution in [2.75, 3.05) is 0 Å². The Morgan fingerprint density at radius 3 is 2.31 bits per heavy atom. The van der Waals surface area contributed by atoms with Crippen LogP contribution in [0.4, 0.5) is 0 Å². The van der Waals surface area contributed by atoms with Crippen molar-refractivity contribution < 1.29 is 9.90 Å². The second-order valence-corrected chi connectivity index (χ2v) is 4.40. The van der Waals surface area contributed by atoms with E-state index in [1.807, 2.05) is 0 Å². The molecule has 1 atom stereocenters. The Morgan fingerprint density at radius 2 is 1.94 bits per heavy atom. The predicted octanol–water partition coefficient (Wildman–Crippen LogP) is 0.665. The molecule has 4 nitrogen and oxygen atoms in total. The second kappa shape index (κ2) is 4.59. The molecule has 86 valence electrons. The smallest absolute Gasteiger partial charge is 0.323 e. The highest BCUT2D eigenvalue weighted by molar-refractivity contribution is 7.80. The van der Waals surface area contributed by atoms with Crippen LogP contribution in [0.5, 0.6) is 0 Å². The van der Waals surface area contributed by atoms with Crippen molar-refractivity contribution in [3.05, 3.63) is 35.4 Å². The average Bonchev–Trinajstić information content (AvgIpc) is 2.17. The highest BCUT2D eigenvalue weighted by atomic mass is 32.1. The molecule has 0 aromatic heterocycles. The SMILES string of the molecule is C[C@](N)(Cc1ccc(C(N)=S)cc1)C(=O)O. The molecular weight excluding hydrogens is 224 g/mol. The molecule has 0 aliphatic rings. The quantitative estimate of drug-likeness (QED) is 0.671. The van der Waals surface area contributed by atoms with Crippen LogP contribution in [0, 0.1) is 0 Å². The summed E-state index contributed by atoms with van der Waals surface area (Å²) in [6.07, 6.45) is 0.264. The molecule has 1 aromatic carbocycles. The standard InChI is InChI=1S/C11H14N2O2S/c1-11(13,10(14)15)6-7-2-4-8(5-3-7)9(12)16/h2-5H,6,13H2,1H3,(H2,12,16)(H,14,15)/t11-/m0/s1. The summed E-state index contributed by atoms with van der Waals surface area (Å²) in [5, 5.41) is 8.88. The first-order chi connectivity index (χ1) is 7.33. The van der Waals surface area contributed by atoms with Crippen molar-refractivity contribution in [1.29, 1.82) is 0 Å². The van der Waals surface area contributed by atoms with Gasteiger partial charge in [0.05, 0.1) is 0 Å². The van der Waals surface area contributed by atoms with Gasteiger partial charge < -0.3 is 16.6 Å². The third-order valence-electron chi connectivity index (χ3n) is 2.30. The van der Waals surface area contributed by atoms with Gasteiger partial charge in [-0.1, -0.05) is 36.5 Å². The summed E-state index contributed by atoms with van der Waals surface area (Å²) in [7, 11) is 0. The van der Waals surface area contributed by atoms with Crippen molar-refractivity contribution in [3.63, 3.8) is 0 Å². The van der Waals surface area contributed by atoms with Crippen LogP contribution in [0.15, 0.2) is 24.3 Å². The molecular formula is C11H14N2O2S. The number of rotatable bonds is 4. The van der Waals surface area contributed by atoms with Crippen LogP contribution in [0.2, 0.25) is 0 Å². The summed E-state index contributed by atoms with van der Waals surface area (Å²) in [6.45, 7) is 1.48. The molecule has 16 heavy (non-hydrogen) atoms. The molecule has 1 aromatic rings. The third kappa shape index (κ3) is 3.01. The van der Waals surface area contributed by atoms with E-state index in [0.29, 0.717) is 4.99 Å². The van der Waals surface area contributed by atoms with Gasteiger partial charge in [0, 0.05) is 12.0 Å². The maximum absolute atomic E-state index is 10.8. The number of benzene rings is 1. The number of hydrogen-bond donors (Lipinski definition) is 3. The van der Waals surface area contributed by atoms with Gasteiger partial charge in [-0.15, -0.1) is 0 Å². The molecule has 0 aliphatic carbocycles. The van der Waals surface area contributed by atoms with E-state index in [1.165, 1.54) is 6.92 Å². The summed E-state index contributed by atoms with van der Waals surface area (Å²) in [5.41, 5.74) is 11.4. The van der Waals surface area contributed by atoms with E-state index in [4.69, 9.17) is 28.8 Å². The lowest BCUT2D eigenvalue weighted by Gasteiger charge is -2.19. The molecule has 5 N–H and O–H groups in total. The van der Waals surface area contributed by atoms with Crippen LogP contribution in [0.25, 0.3) is 0 Å². The molecule has 1 rings (SSSR count). The second-order valence-electron chi connectivity index (χ2n) is 3.96. The summed E-state index contributed by atoms with van der Waals surface area (Å²) in [4.78, 5) is 11.2. The van der Waals surface area contributed by atoms with Gasteiger partial charge in [0.25, 0.3) is 0 Å². The molecule has 0 radical (unpaired) electrons. The normalized spacial score (nSPS) is 14.1. The van der Waals surface area contributed by atoms with Crippen LogP contribution in [0.1, 0.15) is 18.1 Å². The maximum atomic E-state index is 10.8. The van der Waals surface area contributed by atoms with Gasteiger partial charge in [-0.25, -0.2) is 0 Å². The average molecular weight is 238 g/mol. The van der Waals surface area contributed by atoms with Gasteiger partial charge >= 0.3 is 5.97 Å². The number of thiocarbonyl (C=S) groups is 1. The highest BCUT2D eigenvalue weighted by Crippen LogP contribution is 2.12. The van der Waals surface area contributed by atoms with Crippen LogP contribution >= 0.6 is 12.2 Å². The van der Waals surface area contributed by atoms with E-state index in [-0.39, 0.29) is 6.42 Å². The van der Waals surface area contributed by atoms with Crippen LogP contribution < -0.4 is 11.5 Å². The summed E-state index contributed by atoms with van der Waals surface area (Å²) in [6, 6.07) is 7.08. The fourth-order valence-electron chi connectivity index (χ4n) is 1.29. The number of aliphatic carboxylic acids is 1. The first kappa shape index (κ1) is 12.6. The zero-order valence-corrected chi connectivity index (χ0v) is 9.75. The van der Waals surface area contributed by atoms with Crippen LogP contribution in [-0.2, 0) is 11.2 Å². The Kier molecular flexibility index (Phi) is 3.62. The predicted molar refractivity (Wildman–Crippen MR) is 66.3 cm³/mol. The minimum atomic E-state index is -1.26. The molecule has 0 amide bonds. The number of nitrogens with two attached hydrogens (primary N) is 2. The minimum Gasteiger partial charge on any atom is -0.480 e. The van der Waals surface area contributed by atoms with Gasteiger partial charge in [0.1, 0.15) is 10.5 Å². The molecule has 0 saturated heterocycles. The zero-order chi connectivity index (χ0) is 12.3. The van der Waals surface area contributed by atoms with Crippen LogP contribution in [-0.4, -0.2) is 21.6 Å². The molecule has 0 saturated carbocycles. The number of carbonyl (C=O) groups is 1. The molecule has 0 unspecified atom stereocenters. The monoisotopic (exact) mass is 238 g/mol. The van der Waals surface area contributed by atoms with Crippen molar-refractivity contribution in [2.24, 2.45) is 11.5 Å². The zero-order valence-electron chi connectivity index (χ0n) is 8.93. The van der Waals surface area contributed by atoms with E-state index in [1.54, 1.807) is 24.3 Å². The van der Waals surface area contributed by atoms with Gasteiger partial charge in [0.2, 0.25) is 0 Å². The van der Waals surface area contributed by atoms with Gasteiger partial charge in [0.15, 0.2) is 0 Å². The first-order valence-electron chi connectivity index (χ1n) is 4.74. The van der Waals surface area contributed by atoms with E-state index in [2.05, 4.69) is 0 Å². The molecule has 0 aliphatic heterocycles. The van der Waals surface area contributed by atoms with E-state index in [0.717, 1.165) is 11.1 Å². The fourth-order valence-corrected chi connectivity index (χ4v) is 1.42. The Hall–Kier alpha value is -1.46. The van der Waals surface area contributed by atoms with E-state index in [9.17, 15) is 4.79 Å². The molecule has 0 heterocycles. The Labute approximate surface area is 99.3 Å². The summed E-state index contributed by atoms with van der Waals surface area (Å²) >= 11 is 4.82. The lowest BCUT2D eigenvalue weighted by Crippen LogP contribution is -2.46. The molecule has 5 heteroatoms. The molecule has 0 fully saturated rings. The number of carboxylic acid groups (broad SMARTS) is 1. The van der Waals surface area contributed by atoms with Crippen molar-refractivity contribution in [2.45, 2.75) is 18.9 Å². The fraction of sp³-hybridized carbons (Fsp3) is 0.273. The van der Waals surface area contributed by atoms with Gasteiger partial charge in [-0.3, -0.25) is 4.79 Å². The van der Waals surface area contributed by atoms with Crippen LogP contribution in [0.3, 0.4) is 0 Å². The minimum absolute atomic E-state index is 0.264. The summed E-state index contributed by atoms with van der Waals surface area (Å²) in [5.74, 6) is -1.02. The van der Waals surface area contributed by atoms with E-state index < -0.39 is 11.5 Å². The highest BCUT2D eigenvalue weighted by Gasteiger charge is 2.27. The van der Waals surface area contributed by atoms with Gasteiger partial charge in [-0.05, 0) is 12.5 Å².